The maximum atomic E-state index is 12.5. The first-order valence-electron chi connectivity index (χ1n) is 8.88. The Morgan fingerprint density at radius 1 is 1.10 bits per heavy atom. The highest BCUT2D eigenvalue weighted by Crippen LogP contribution is 2.35. The number of nitrogens with zero attached hydrogens (tertiary/aromatic N) is 2. The third-order valence-electron chi connectivity index (χ3n) is 6.10. The SMILES string of the molecule is CN(C(=O)CN1CC2CCCC(N)C2C1)C1CCCCC1. The van der Waals surface area contributed by atoms with Gasteiger partial charge in [-0.1, -0.05) is 25.7 Å². The molecule has 0 aromatic heterocycles. The summed E-state index contributed by atoms with van der Waals surface area (Å²) in [5.74, 6) is 1.68. The molecule has 4 nitrogen and oxygen atoms in total. The molecular formula is C17H31N3O. The molecule has 0 aromatic rings. The van der Waals surface area contributed by atoms with Crippen molar-refractivity contribution >= 4 is 5.91 Å². The zero-order valence-corrected chi connectivity index (χ0v) is 13.5. The van der Waals surface area contributed by atoms with E-state index in [1.807, 2.05) is 11.9 Å². The number of hydrogen-bond donors (Lipinski definition) is 1. The van der Waals surface area contributed by atoms with Gasteiger partial charge in [0.15, 0.2) is 0 Å². The summed E-state index contributed by atoms with van der Waals surface area (Å²) in [6.45, 7) is 2.73. The first-order valence-corrected chi connectivity index (χ1v) is 8.88. The molecule has 3 unspecified atom stereocenters. The second kappa shape index (κ2) is 6.66. The minimum absolute atomic E-state index is 0.314. The van der Waals surface area contributed by atoms with E-state index >= 15 is 0 Å². The maximum absolute atomic E-state index is 12.5. The molecule has 0 spiro atoms. The Morgan fingerprint density at radius 3 is 2.57 bits per heavy atom. The van der Waals surface area contributed by atoms with Crippen LogP contribution in [-0.2, 0) is 4.79 Å². The summed E-state index contributed by atoms with van der Waals surface area (Å²) in [6.07, 6.45) is 10.0. The van der Waals surface area contributed by atoms with Crippen LogP contribution in [0.2, 0.25) is 0 Å². The number of amides is 1. The number of carbonyl (C=O) groups excluding carboxylic acids is 1. The Morgan fingerprint density at radius 2 is 1.86 bits per heavy atom. The summed E-state index contributed by atoms with van der Waals surface area (Å²) in [5, 5.41) is 0. The molecule has 3 atom stereocenters. The van der Waals surface area contributed by atoms with Crippen molar-refractivity contribution in [2.75, 3.05) is 26.7 Å². The number of likely N-dealkylation sites (N-methyl/N-ethyl adjacent to an activating group) is 1. The van der Waals surface area contributed by atoms with Crippen molar-refractivity contribution in [3.05, 3.63) is 0 Å². The van der Waals surface area contributed by atoms with Crippen LogP contribution in [0.3, 0.4) is 0 Å². The zero-order chi connectivity index (χ0) is 14.8. The van der Waals surface area contributed by atoms with Crippen LogP contribution in [0.25, 0.3) is 0 Å². The number of rotatable bonds is 3. The molecule has 0 aromatic carbocycles. The van der Waals surface area contributed by atoms with Crippen LogP contribution in [-0.4, -0.2) is 54.5 Å². The minimum Gasteiger partial charge on any atom is -0.342 e. The molecule has 1 heterocycles. The van der Waals surface area contributed by atoms with Gasteiger partial charge in [-0.05, 0) is 37.5 Å². The quantitative estimate of drug-likeness (QED) is 0.864. The van der Waals surface area contributed by atoms with Crippen LogP contribution in [0.15, 0.2) is 0 Å². The van der Waals surface area contributed by atoms with E-state index in [1.165, 1.54) is 51.4 Å². The van der Waals surface area contributed by atoms with Gasteiger partial charge in [-0.3, -0.25) is 9.69 Å². The van der Waals surface area contributed by atoms with Gasteiger partial charge in [-0.15, -0.1) is 0 Å². The van der Waals surface area contributed by atoms with Gasteiger partial charge in [-0.2, -0.15) is 0 Å². The first-order chi connectivity index (χ1) is 10.1. The Labute approximate surface area is 129 Å². The molecule has 1 saturated heterocycles. The monoisotopic (exact) mass is 293 g/mol. The predicted octanol–water partition coefficient (Wildman–Crippen LogP) is 1.84. The molecule has 120 valence electrons. The van der Waals surface area contributed by atoms with E-state index in [1.54, 1.807) is 0 Å². The lowest BCUT2D eigenvalue weighted by atomic mass is 9.78. The Kier molecular flexibility index (Phi) is 4.85. The molecule has 21 heavy (non-hydrogen) atoms. The average molecular weight is 293 g/mol. The molecule has 3 fully saturated rings. The topological polar surface area (TPSA) is 49.6 Å². The fourth-order valence-electron chi connectivity index (χ4n) is 4.71. The van der Waals surface area contributed by atoms with E-state index in [9.17, 15) is 4.79 Å². The lowest BCUT2D eigenvalue weighted by Gasteiger charge is -2.32. The highest BCUT2D eigenvalue weighted by Gasteiger charge is 2.39. The van der Waals surface area contributed by atoms with Gasteiger partial charge in [0.25, 0.3) is 0 Å². The third kappa shape index (κ3) is 3.42. The molecule has 2 N–H and O–H groups in total. The van der Waals surface area contributed by atoms with E-state index in [4.69, 9.17) is 5.73 Å². The average Bonchev–Trinajstić information content (AvgIpc) is 2.91. The molecule has 0 radical (unpaired) electrons. The maximum Gasteiger partial charge on any atom is 0.236 e. The molecule has 0 bridgehead atoms. The van der Waals surface area contributed by atoms with Crippen molar-refractivity contribution in [3.8, 4) is 0 Å². The molecule has 1 amide bonds. The normalized spacial score (nSPS) is 34.7. The molecule has 3 aliphatic rings. The van der Waals surface area contributed by atoms with E-state index in [-0.39, 0.29) is 0 Å². The van der Waals surface area contributed by atoms with Gasteiger partial charge in [0.1, 0.15) is 0 Å². The fourth-order valence-corrected chi connectivity index (χ4v) is 4.71. The van der Waals surface area contributed by atoms with Gasteiger partial charge in [0.2, 0.25) is 5.91 Å². The Balaban J connectivity index is 1.51. The lowest BCUT2D eigenvalue weighted by molar-refractivity contribution is -0.133. The molecule has 1 aliphatic heterocycles. The standard InChI is InChI=1S/C17H31N3O/c1-19(14-7-3-2-4-8-14)17(21)12-20-10-13-6-5-9-16(18)15(13)11-20/h13-16H,2-12,18H2,1H3. The van der Waals surface area contributed by atoms with Crippen LogP contribution >= 0.6 is 0 Å². The second-order valence-electron chi connectivity index (χ2n) is 7.51. The van der Waals surface area contributed by atoms with Crippen molar-refractivity contribution in [3.63, 3.8) is 0 Å². The number of fused-ring (bicyclic) bond motifs is 1. The van der Waals surface area contributed by atoms with E-state index in [2.05, 4.69) is 4.90 Å². The van der Waals surface area contributed by atoms with E-state index < -0.39 is 0 Å². The van der Waals surface area contributed by atoms with Gasteiger partial charge < -0.3 is 10.6 Å². The number of carbonyl (C=O) groups is 1. The van der Waals surface area contributed by atoms with Crippen LogP contribution in [0.5, 0.6) is 0 Å². The van der Waals surface area contributed by atoms with Crippen molar-refractivity contribution in [1.29, 1.82) is 0 Å². The van der Waals surface area contributed by atoms with Gasteiger partial charge in [0, 0.05) is 32.2 Å². The van der Waals surface area contributed by atoms with Gasteiger partial charge >= 0.3 is 0 Å². The summed E-state index contributed by atoms with van der Waals surface area (Å²) in [4.78, 5) is 16.9. The van der Waals surface area contributed by atoms with Gasteiger partial charge in [-0.25, -0.2) is 0 Å². The van der Waals surface area contributed by atoms with Crippen LogP contribution in [0.1, 0.15) is 51.4 Å². The van der Waals surface area contributed by atoms with Crippen molar-refractivity contribution in [1.82, 2.24) is 9.80 Å². The number of nitrogens with two attached hydrogens (primary N) is 1. The molecular weight excluding hydrogens is 262 g/mol. The van der Waals surface area contributed by atoms with Crippen molar-refractivity contribution < 1.29 is 4.79 Å². The fraction of sp³-hybridized carbons (Fsp3) is 0.941. The van der Waals surface area contributed by atoms with Crippen LogP contribution < -0.4 is 5.73 Å². The second-order valence-corrected chi connectivity index (χ2v) is 7.51. The largest absolute Gasteiger partial charge is 0.342 e. The Hall–Kier alpha value is -0.610. The summed E-state index contributed by atoms with van der Waals surface area (Å²) >= 11 is 0. The number of hydrogen-bond acceptors (Lipinski definition) is 3. The molecule has 4 heteroatoms. The first kappa shape index (κ1) is 15.3. The lowest BCUT2D eigenvalue weighted by Crippen LogP contribution is -2.44. The predicted molar refractivity (Wildman–Crippen MR) is 84.9 cm³/mol. The van der Waals surface area contributed by atoms with Crippen molar-refractivity contribution in [2.24, 2.45) is 17.6 Å². The minimum atomic E-state index is 0.314. The van der Waals surface area contributed by atoms with Crippen LogP contribution in [0, 0.1) is 11.8 Å². The summed E-state index contributed by atoms with van der Waals surface area (Å²) in [7, 11) is 2.01. The van der Waals surface area contributed by atoms with E-state index in [0.717, 1.165) is 19.0 Å². The third-order valence-corrected chi connectivity index (χ3v) is 6.10. The summed E-state index contributed by atoms with van der Waals surface area (Å²) in [5.41, 5.74) is 6.27. The summed E-state index contributed by atoms with van der Waals surface area (Å²) in [6, 6.07) is 0.846. The smallest absolute Gasteiger partial charge is 0.236 e. The zero-order valence-electron chi connectivity index (χ0n) is 13.5. The highest BCUT2D eigenvalue weighted by molar-refractivity contribution is 5.78. The van der Waals surface area contributed by atoms with Crippen molar-refractivity contribution in [2.45, 2.75) is 63.5 Å². The Bertz CT molecular complexity index is 367. The highest BCUT2D eigenvalue weighted by atomic mass is 16.2. The molecule has 2 saturated carbocycles. The van der Waals surface area contributed by atoms with Crippen LogP contribution in [0.4, 0.5) is 0 Å². The molecule has 3 rings (SSSR count). The van der Waals surface area contributed by atoms with Gasteiger partial charge in [0.05, 0.1) is 6.54 Å². The number of likely N-dealkylation sites (tertiary alicyclic amines) is 1. The summed E-state index contributed by atoms with van der Waals surface area (Å²) < 4.78 is 0. The van der Waals surface area contributed by atoms with E-state index in [0.29, 0.717) is 30.5 Å². The molecule has 2 aliphatic carbocycles.